The highest BCUT2D eigenvalue weighted by Crippen LogP contribution is 2.13. The molecule has 2 atom stereocenters. The first-order valence-corrected chi connectivity index (χ1v) is 5.67. The molecule has 2 amide bonds. The Bertz CT molecular complexity index is 276. The summed E-state index contributed by atoms with van der Waals surface area (Å²) in [7, 11) is 0. The van der Waals surface area contributed by atoms with Gasteiger partial charge in [-0.25, -0.2) is 5.48 Å². The van der Waals surface area contributed by atoms with Gasteiger partial charge in [-0.05, 0) is 31.8 Å². The van der Waals surface area contributed by atoms with Crippen molar-refractivity contribution in [2.24, 2.45) is 5.92 Å². The molecule has 0 aromatic heterocycles. The molecule has 0 bridgehead atoms. The lowest BCUT2D eigenvalue weighted by Crippen LogP contribution is -2.43. The SMILES string of the molecule is O=C(CC1CCCNC1)N[C@@H]1CONC1=O. The van der Waals surface area contributed by atoms with Crippen LogP contribution in [0.5, 0.6) is 0 Å². The minimum absolute atomic E-state index is 0.0700. The lowest BCUT2D eigenvalue weighted by Gasteiger charge is -2.22. The van der Waals surface area contributed by atoms with Crippen LogP contribution in [0.2, 0.25) is 0 Å². The second-order valence-electron chi connectivity index (χ2n) is 4.31. The van der Waals surface area contributed by atoms with E-state index >= 15 is 0 Å². The first kappa shape index (κ1) is 11.3. The summed E-state index contributed by atoms with van der Waals surface area (Å²) in [4.78, 5) is 27.5. The third-order valence-electron chi connectivity index (χ3n) is 2.95. The summed E-state index contributed by atoms with van der Waals surface area (Å²) < 4.78 is 0. The zero-order chi connectivity index (χ0) is 11.4. The molecular formula is C10H17N3O3. The van der Waals surface area contributed by atoms with Crippen LogP contribution in [0, 0.1) is 5.92 Å². The molecule has 0 spiro atoms. The molecule has 2 saturated heterocycles. The molecule has 2 heterocycles. The minimum Gasteiger partial charge on any atom is -0.342 e. The quantitative estimate of drug-likeness (QED) is 0.573. The van der Waals surface area contributed by atoms with Crippen molar-refractivity contribution in [3.63, 3.8) is 0 Å². The van der Waals surface area contributed by atoms with Gasteiger partial charge in [-0.2, -0.15) is 0 Å². The summed E-state index contributed by atoms with van der Waals surface area (Å²) in [5, 5.41) is 5.93. The van der Waals surface area contributed by atoms with Crippen molar-refractivity contribution in [1.29, 1.82) is 0 Å². The van der Waals surface area contributed by atoms with E-state index in [1.807, 2.05) is 0 Å². The van der Waals surface area contributed by atoms with Gasteiger partial charge < -0.3 is 10.6 Å². The largest absolute Gasteiger partial charge is 0.342 e. The maximum Gasteiger partial charge on any atom is 0.268 e. The van der Waals surface area contributed by atoms with Gasteiger partial charge in [0.2, 0.25) is 5.91 Å². The van der Waals surface area contributed by atoms with E-state index in [1.54, 1.807) is 0 Å². The van der Waals surface area contributed by atoms with Crippen LogP contribution in [0.15, 0.2) is 0 Å². The van der Waals surface area contributed by atoms with Gasteiger partial charge in [0.05, 0.1) is 0 Å². The maximum atomic E-state index is 11.6. The summed E-state index contributed by atoms with van der Waals surface area (Å²) in [6.07, 6.45) is 2.68. The third kappa shape index (κ3) is 2.93. The molecule has 6 nitrogen and oxygen atoms in total. The highest BCUT2D eigenvalue weighted by molar-refractivity contribution is 5.88. The van der Waals surface area contributed by atoms with Crippen LogP contribution in [-0.2, 0) is 14.4 Å². The van der Waals surface area contributed by atoms with Crippen molar-refractivity contribution in [3.05, 3.63) is 0 Å². The van der Waals surface area contributed by atoms with Gasteiger partial charge in [0.25, 0.3) is 5.91 Å². The molecule has 90 valence electrons. The first-order chi connectivity index (χ1) is 7.75. The van der Waals surface area contributed by atoms with Gasteiger partial charge in [0.15, 0.2) is 0 Å². The molecule has 2 aliphatic rings. The Morgan fingerprint density at radius 3 is 3.06 bits per heavy atom. The summed E-state index contributed by atoms with van der Waals surface area (Å²) in [5.41, 5.74) is 2.21. The Balaban J connectivity index is 1.72. The number of nitrogens with one attached hydrogen (secondary N) is 3. The second-order valence-corrected chi connectivity index (χ2v) is 4.31. The van der Waals surface area contributed by atoms with E-state index in [0.29, 0.717) is 12.3 Å². The van der Waals surface area contributed by atoms with Crippen LogP contribution in [0.3, 0.4) is 0 Å². The number of rotatable bonds is 3. The first-order valence-electron chi connectivity index (χ1n) is 5.67. The fraction of sp³-hybridized carbons (Fsp3) is 0.800. The van der Waals surface area contributed by atoms with Crippen LogP contribution < -0.4 is 16.1 Å². The molecular weight excluding hydrogens is 210 g/mol. The van der Waals surface area contributed by atoms with Crippen molar-refractivity contribution in [1.82, 2.24) is 16.1 Å². The van der Waals surface area contributed by atoms with E-state index in [4.69, 9.17) is 4.84 Å². The van der Waals surface area contributed by atoms with Gasteiger partial charge in [-0.3, -0.25) is 14.4 Å². The van der Waals surface area contributed by atoms with Crippen LogP contribution >= 0.6 is 0 Å². The number of hydrogen-bond donors (Lipinski definition) is 3. The van der Waals surface area contributed by atoms with E-state index in [1.165, 1.54) is 0 Å². The zero-order valence-electron chi connectivity index (χ0n) is 9.12. The normalized spacial score (nSPS) is 29.9. The summed E-state index contributed by atoms with van der Waals surface area (Å²) in [5.74, 6) is 0.0496. The molecule has 1 unspecified atom stereocenters. The van der Waals surface area contributed by atoms with Crippen LogP contribution in [0.25, 0.3) is 0 Å². The maximum absolute atomic E-state index is 11.6. The highest BCUT2D eigenvalue weighted by atomic mass is 16.7. The van der Waals surface area contributed by atoms with E-state index in [0.717, 1.165) is 25.9 Å². The molecule has 6 heteroatoms. The van der Waals surface area contributed by atoms with E-state index in [-0.39, 0.29) is 18.4 Å². The van der Waals surface area contributed by atoms with Gasteiger partial charge in [0, 0.05) is 6.42 Å². The van der Waals surface area contributed by atoms with Crippen LogP contribution in [-0.4, -0.2) is 37.6 Å². The number of carbonyl (C=O) groups is 2. The Kier molecular flexibility index (Phi) is 3.74. The molecule has 0 radical (unpaired) electrons. The topological polar surface area (TPSA) is 79.5 Å². The highest BCUT2D eigenvalue weighted by Gasteiger charge is 2.27. The third-order valence-corrected chi connectivity index (χ3v) is 2.95. The molecule has 0 aromatic rings. The van der Waals surface area contributed by atoms with Crippen molar-refractivity contribution < 1.29 is 14.4 Å². The Morgan fingerprint density at radius 2 is 2.44 bits per heavy atom. The van der Waals surface area contributed by atoms with Gasteiger partial charge >= 0.3 is 0 Å². The van der Waals surface area contributed by atoms with Gasteiger partial charge in [-0.15, -0.1) is 0 Å². The molecule has 0 aromatic carbocycles. The predicted octanol–water partition coefficient (Wildman–Crippen LogP) is -1.08. The molecule has 2 aliphatic heterocycles. The summed E-state index contributed by atoms with van der Waals surface area (Å²) in [6, 6.07) is -0.524. The summed E-state index contributed by atoms with van der Waals surface area (Å²) >= 11 is 0. The van der Waals surface area contributed by atoms with E-state index < -0.39 is 6.04 Å². The number of hydrogen-bond acceptors (Lipinski definition) is 4. The number of piperidine rings is 1. The Hall–Kier alpha value is -1.14. The van der Waals surface area contributed by atoms with Crippen molar-refractivity contribution in [3.8, 4) is 0 Å². The fourth-order valence-corrected chi connectivity index (χ4v) is 2.06. The van der Waals surface area contributed by atoms with Gasteiger partial charge in [-0.1, -0.05) is 0 Å². The zero-order valence-corrected chi connectivity index (χ0v) is 9.12. The number of carbonyl (C=O) groups excluding carboxylic acids is 2. The molecule has 2 fully saturated rings. The standard InChI is InChI=1S/C10H17N3O3/c14-9(4-7-2-1-3-11-5-7)12-8-6-16-13-10(8)15/h7-8,11H,1-6H2,(H,12,14)(H,13,15)/t7?,8-/m1/s1. The monoisotopic (exact) mass is 227 g/mol. The number of amides is 2. The Morgan fingerprint density at radius 1 is 1.56 bits per heavy atom. The molecule has 2 rings (SSSR count). The van der Waals surface area contributed by atoms with Crippen molar-refractivity contribution in [2.75, 3.05) is 19.7 Å². The second kappa shape index (κ2) is 5.27. The molecule has 0 saturated carbocycles. The average molecular weight is 227 g/mol. The van der Waals surface area contributed by atoms with Crippen LogP contribution in [0.4, 0.5) is 0 Å². The lowest BCUT2D eigenvalue weighted by molar-refractivity contribution is -0.129. The summed E-state index contributed by atoms with van der Waals surface area (Å²) in [6.45, 7) is 2.14. The lowest BCUT2D eigenvalue weighted by atomic mass is 9.96. The van der Waals surface area contributed by atoms with E-state index in [9.17, 15) is 9.59 Å². The minimum atomic E-state index is -0.524. The molecule has 0 aliphatic carbocycles. The smallest absolute Gasteiger partial charge is 0.268 e. The molecule has 3 N–H and O–H groups in total. The Labute approximate surface area is 94.1 Å². The van der Waals surface area contributed by atoms with Crippen LogP contribution in [0.1, 0.15) is 19.3 Å². The van der Waals surface area contributed by atoms with E-state index in [2.05, 4.69) is 16.1 Å². The van der Waals surface area contributed by atoms with Gasteiger partial charge in [0.1, 0.15) is 12.6 Å². The predicted molar refractivity (Wildman–Crippen MR) is 56.2 cm³/mol. The molecule has 16 heavy (non-hydrogen) atoms. The number of hydroxylamine groups is 1. The average Bonchev–Trinajstić information content (AvgIpc) is 2.66. The fourth-order valence-electron chi connectivity index (χ4n) is 2.06. The van der Waals surface area contributed by atoms with Crippen molar-refractivity contribution in [2.45, 2.75) is 25.3 Å². The van der Waals surface area contributed by atoms with Crippen molar-refractivity contribution >= 4 is 11.8 Å².